The number of amides is 1. The van der Waals surface area contributed by atoms with E-state index in [0.29, 0.717) is 6.07 Å². The summed E-state index contributed by atoms with van der Waals surface area (Å²) in [7, 11) is 0. The lowest BCUT2D eigenvalue weighted by atomic mass is 10.2. The van der Waals surface area contributed by atoms with E-state index in [1.165, 1.54) is 20.8 Å². The van der Waals surface area contributed by atoms with E-state index in [4.69, 9.17) is 4.74 Å². The predicted molar refractivity (Wildman–Crippen MR) is 116 cm³/mol. The molecule has 0 unspecified atom stereocenters. The first kappa shape index (κ1) is 31.4. The summed E-state index contributed by atoms with van der Waals surface area (Å²) in [4.78, 5) is 12.2. The lowest BCUT2D eigenvalue weighted by molar-refractivity contribution is -0.358. The van der Waals surface area contributed by atoms with Crippen molar-refractivity contribution in [3.63, 3.8) is 0 Å². The molecule has 0 radical (unpaired) electrons. The third-order valence-corrected chi connectivity index (χ3v) is 5.28. The lowest BCUT2D eigenvalue weighted by Crippen LogP contribution is -2.54. The summed E-state index contributed by atoms with van der Waals surface area (Å²) in [5.41, 5.74) is -2.17. The van der Waals surface area contributed by atoms with Gasteiger partial charge in [0.1, 0.15) is 5.60 Å². The fourth-order valence-electron chi connectivity index (χ4n) is 2.69. The summed E-state index contributed by atoms with van der Waals surface area (Å²) in [5.74, 6) is -13.6. The van der Waals surface area contributed by atoms with E-state index in [1.807, 2.05) is 5.32 Å². The smallest absolute Gasteiger partial charge is 0.460 e. The van der Waals surface area contributed by atoms with Crippen molar-refractivity contribution >= 4 is 23.7 Å². The third-order valence-electron chi connectivity index (χ3n) is 4.36. The number of hydrogen-bond donors (Lipinski definition) is 1. The highest BCUT2D eigenvalue weighted by atomic mass is 32.2. The molecule has 0 bridgehead atoms. The molecule has 214 valence electrons. The zero-order chi connectivity index (χ0) is 29.3. The van der Waals surface area contributed by atoms with Gasteiger partial charge in [0.05, 0.1) is 17.4 Å². The van der Waals surface area contributed by atoms with Crippen molar-refractivity contribution in [1.82, 2.24) is 9.78 Å². The maximum absolute atomic E-state index is 13.8. The number of anilines is 1. The summed E-state index contributed by atoms with van der Waals surface area (Å²) in [6.45, 7) is 3.50. The van der Waals surface area contributed by atoms with E-state index >= 15 is 0 Å². The first-order valence-corrected chi connectivity index (χ1v) is 11.5. The Labute approximate surface area is 213 Å². The molecule has 1 heterocycles. The van der Waals surface area contributed by atoms with Crippen molar-refractivity contribution in [2.45, 2.75) is 62.4 Å². The Balaban J connectivity index is 2.53. The normalized spacial score (nSPS) is 13.4. The number of nitrogens with one attached hydrogen (secondary N) is 1. The van der Waals surface area contributed by atoms with Crippen LogP contribution in [0.2, 0.25) is 0 Å². The summed E-state index contributed by atoms with van der Waals surface area (Å²) in [6.07, 6.45) is -11.8. The molecular formula is C21H21F10N3O3S. The number of carbonyl (C=O) groups excluding carboxylic acids is 1. The van der Waals surface area contributed by atoms with Crippen molar-refractivity contribution in [3.05, 3.63) is 30.0 Å². The minimum atomic E-state index is -6.60. The van der Waals surface area contributed by atoms with Crippen LogP contribution in [-0.4, -0.2) is 51.9 Å². The molecular weight excluding hydrogens is 564 g/mol. The minimum Gasteiger partial charge on any atom is -0.481 e. The number of benzene rings is 1. The van der Waals surface area contributed by atoms with Gasteiger partial charge in [-0.1, -0.05) is 6.92 Å². The number of carbonyl (C=O) groups is 1. The Bertz CT molecular complexity index is 1140. The molecule has 1 aromatic carbocycles. The number of halogens is 10. The average molecular weight is 585 g/mol. The van der Waals surface area contributed by atoms with Gasteiger partial charge in [0.15, 0.2) is 18.2 Å². The highest BCUT2D eigenvalue weighted by Gasteiger charge is 2.73. The molecule has 0 aliphatic carbocycles. The second-order valence-corrected chi connectivity index (χ2v) is 9.90. The highest BCUT2D eigenvalue weighted by molar-refractivity contribution is 7.99. The molecule has 0 saturated heterocycles. The Morgan fingerprint density at radius 2 is 1.63 bits per heavy atom. The predicted octanol–water partition coefficient (Wildman–Crippen LogP) is 7.56. The third kappa shape index (κ3) is 7.38. The minimum absolute atomic E-state index is 0.00544. The molecule has 0 atom stereocenters. The number of rotatable bonds is 8. The van der Waals surface area contributed by atoms with E-state index in [1.54, 1.807) is 6.92 Å². The van der Waals surface area contributed by atoms with Gasteiger partial charge in [-0.05, 0) is 44.7 Å². The van der Waals surface area contributed by atoms with Crippen LogP contribution in [-0.2, 0) is 10.9 Å². The van der Waals surface area contributed by atoms with E-state index in [-0.39, 0.29) is 16.3 Å². The second-order valence-electron chi connectivity index (χ2n) is 8.59. The molecule has 6 nitrogen and oxygen atoms in total. The standard InChI is InChI=1S/C21H21F10N3O3S/c1-5-38-14-8-11(19(24,25)26)6-7-12(14)34-9-13(15(33-34)32-16(35)37-17(2,3)4)36-10-18(22,23)20(27,28)21(29,30)31/h6-9H,5,10H2,1-4H3,(H,32,33,35). The van der Waals surface area contributed by atoms with Gasteiger partial charge in [-0.15, -0.1) is 16.9 Å². The number of nitrogens with zero attached hydrogens (tertiary/aromatic N) is 2. The first-order chi connectivity index (χ1) is 17.1. The van der Waals surface area contributed by atoms with Crippen LogP contribution in [0.1, 0.15) is 33.3 Å². The van der Waals surface area contributed by atoms with Crippen molar-refractivity contribution in [2.75, 3.05) is 17.7 Å². The fraction of sp³-hybridized carbons (Fsp3) is 0.524. The summed E-state index contributed by atoms with van der Waals surface area (Å²) < 4.78 is 141. The quantitative estimate of drug-likeness (QED) is 0.256. The molecule has 0 aliphatic heterocycles. The Morgan fingerprint density at radius 1 is 1.03 bits per heavy atom. The van der Waals surface area contributed by atoms with Gasteiger partial charge in [-0.2, -0.15) is 43.9 Å². The van der Waals surface area contributed by atoms with Crippen molar-refractivity contribution in [3.8, 4) is 11.4 Å². The molecule has 2 aromatic rings. The Morgan fingerprint density at radius 3 is 2.13 bits per heavy atom. The molecule has 1 N–H and O–H groups in total. The van der Waals surface area contributed by atoms with E-state index < -0.39 is 59.6 Å². The highest BCUT2D eigenvalue weighted by Crippen LogP contribution is 2.47. The molecule has 1 aromatic heterocycles. The fourth-order valence-corrected chi connectivity index (χ4v) is 3.52. The van der Waals surface area contributed by atoms with Gasteiger partial charge in [-0.25, -0.2) is 9.48 Å². The average Bonchev–Trinajstić information content (AvgIpc) is 3.11. The van der Waals surface area contributed by atoms with Crippen LogP contribution >= 0.6 is 11.8 Å². The van der Waals surface area contributed by atoms with Crippen LogP contribution in [0.3, 0.4) is 0 Å². The first-order valence-electron chi connectivity index (χ1n) is 10.5. The monoisotopic (exact) mass is 585 g/mol. The van der Waals surface area contributed by atoms with Crippen LogP contribution in [0.15, 0.2) is 29.3 Å². The Kier molecular flexibility index (Phi) is 8.85. The van der Waals surface area contributed by atoms with Gasteiger partial charge in [0, 0.05) is 4.90 Å². The molecule has 0 aliphatic rings. The number of aromatic nitrogens is 2. The summed E-state index contributed by atoms with van der Waals surface area (Å²) in [5, 5.41) is 5.82. The molecule has 1 amide bonds. The van der Waals surface area contributed by atoms with E-state index in [0.717, 1.165) is 34.8 Å². The lowest BCUT2D eigenvalue weighted by Gasteiger charge is -2.27. The van der Waals surface area contributed by atoms with E-state index in [2.05, 4.69) is 9.84 Å². The molecule has 0 fully saturated rings. The number of thioether (sulfide) groups is 1. The van der Waals surface area contributed by atoms with Crippen LogP contribution < -0.4 is 10.1 Å². The molecule has 0 spiro atoms. The van der Waals surface area contributed by atoms with Crippen LogP contribution in [0, 0.1) is 0 Å². The molecule has 17 heteroatoms. The zero-order valence-corrected chi connectivity index (χ0v) is 20.8. The largest absolute Gasteiger partial charge is 0.481 e. The molecule has 0 saturated carbocycles. The van der Waals surface area contributed by atoms with Crippen molar-refractivity contribution in [1.29, 1.82) is 0 Å². The maximum atomic E-state index is 13.8. The van der Waals surface area contributed by atoms with Gasteiger partial charge < -0.3 is 9.47 Å². The zero-order valence-electron chi connectivity index (χ0n) is 20.0. The number of hydrogen-bond acceptors (Lipinski definition) is 5. The SMILES string of the molecule is CCSc1cc(C(F)(F)F)ccc1-n1cc(OCC(F)(F)C(F)(F)C(F)(F)F)c(NC(=O)OC(C)(C)C)n1. The molecule has 38 heavy (non-hydrogen) atoms. The second kappa shape index (κ2) is 10.7. The maximum Gasteiger partial charge on any atom is 0.460 e. The van der Waals surface area contributed by atoms with Crippen molar-refractivity contribution in [2.24, 2.45) is 0 Å². The van der Waals surface area contributed by atoms with Gasteiger partial charge in [-0.3, -0.25) is 5.32 Å². The summed E-state index contributed by atoms with van der Waals surface area (Å²) >= 11 is 0.930. The van der Waals surface area contributed by atoms with Crippen LogP contribution in [0.25, 0.3) is 5.69 Å². The van der Waals surface area contributed by atoms with Crippen LogP contribution in [0.5, 0.6) is 5.75 Å². The molecule has 2 rings (SSSR count). The summed E-state index contributed by atoms with van der Waals surface area (Å²) in [6, 6.07) is 2.41. The van der Waals surface area contributed by atoms with Gasteiger partial charge >= 0.3 is 30.3 Å². The van der Waals surface area contributed by atoms with Crippen LogP contribution in [0.4, 0.5) is 54.5 Å². The Hall–Kier alpha value is -2.85. The number of alkyl halides is 10. The number of ether oxygens (including phenoxy) is 2. The van der Waals surface area contributed by atoms with Crippen molar-refractivity contribution < 1.29 is 58.2 Å². The topological polar surface area (TPSA) is 65.4 Å². The van der Waals surface area contributed by atoms with E-state index in [9.17, 15) is 48.7 Å². The van der Waals surface area contributed by atoms with Gasteiger partial charge in [0.2, 0.25) is 0 Å². The van der Waals surface area contributed by atoms with Gasteiger partial charge in [0.25, 0.3) is 0 Å².